The van der Waals surface area contributed by atoms with E-state index < -0.39 is 67.3 Å². The third-order valence-electron chi connectivity index (χ3n) is 14.0. The quantitative estimate of drug-likeness (QED) is 0.0228. The summed E-state index contributed by atoms with van der Waals surface area (Å²) in [5, 5.41) is 31.5. The lowest BCUT2D eigenvalue weighted by Crippen LogP contribution is -2.61. The third-order valence-corrected chi connectivity index (χ3v) is 14.0. The van der Waals surface area contributed by atoms with E-state index in [9.17, 15) is 34.5 Å². The average Bonchev–Trinajstić information content (AvgIpc) is 3.37. The molecule has 0 bridgehead atoms. The van der Waals surface area contributed by atoms with Gasteiger partial charge in [-0.3, -0.25) is 14.4 Å². The molecule has 1 fully saturated rings. The number of hydrogen-bond donors (Lipinski definition) is 3. The summed E-state index contributed by atoms with van der Waals surface area (Å²) in [6, 6.07) is 0. The second-order valence-electron chi connectivity index (χ2n) is 21.0. The van der Waals surface area contributed by atoms with Gasteiger partial charge in [-0.1, -0.05) is 251 Å². The summed E-state index contributed by atoms with van der Waals surface area (Å²) in [6.45, 7) is 5.94. The van der Waals surface area contributed by atoms with E-state index >= 15 is 0 Å². The zero-order valence-corrected chi connectivity index (χ0v) is 46.9. The fraction of sp³-hybridized carbons (Fsp3) is 0.869. The highest BCUT2D eigenvalue weighted by Gasteiger charge is 2.50. The molecule has 0 saturated carbocycles. The van der Waals surface area contributed by atoms with Crippen molar-refractivity contribution in [2.24, 2.45) is 0 Å². The molecule has 0 spiro atoms. The third kappa shape index (κ3) is 40.2. The molecule has 1 heterocycles. The van der Waals surface area contributed by atoms with E-state index in [1.807, 2.05) is 0 Å². The second-order valence-corrected chi connectivity index (χ2v) is 21.0. The van der Waals surface area contributed by atoms with Gasteiger partial charge in [0, 0.05) is 19.3 Å². The van der Waals surface area contributed by atoms with Crippen LogP contribution in [-0.2, 0) is 42.9 Å². The number of unbranched alkanes of at least 4 members (excludes halogenated alkanes) is 34. The van der Waals surface area contributed by atoms with Gasteiger partial charge in [0.15, 0.2) is 24.6 Å². The Balaban J connectivity index is 2.63. The van der Waals surface area contributed by atoms with Crippen LogP contribution in [0.2, 0.25) is 0 Å². The molecule has 0 radical (unpaired) electrons. The standard InChI is InChI=1S/C61H110O12/c1-4-7-10-13-16-19-22-24-25-26-27-28-29-31-34-37-40-43-46-49-55(64)72-59-57(66)56(65)58(60(67)68)73-61(59)70-51-52(71-54(63)48-45-42-39-36-32-21-18-15-12-9-6-3)50-69-53(62)47-44-41-38-35-33-30-23-20-17-14-11-8-5-2/h11,14,20,23,52,56-59,61,65-66H,4-10,12-13,15-19,21-22,24-51H2,1-3H3,(H,67,68)/b14-11-,23-20-. The first kappa shape index (κ1) is 68.2. The predicted octanol–water partition coefficient (Wildman–Crippen LogP) is 15.5. The maximum Gasteiger partial charge on any atom is 0.335 e. The van der Waals surface area contributed by atoms with Crippen molar-refractivity contribution >= 4 is 23.9 Å². The molecule has 0 aromatic rings. The molecule has 6 unspecified atom stereocenters. The summed E-state index contributed by atoms with van der Waals surface area (Å²) in [6.07, 6.45) is 44.4. The van der Waals surface area contributed by atoms with Crippen LogP contribution in [0, 0.1) is 0 Å². The summed E-state index contributed by atoms with van der Waals surface area (Å²) in [4.78, 5) is 51.0. The van der Waals surface area contributed by atoms with Crippen LogP contribution >= 0.6 is 0 Å². The lowest BCUT2D eigenvalue weighted by Gasteiger charge is -2.40. The molecule has 0 aromatic carbocycles. The molecule has 1 saturated heterocycles. The number of carboxylic acids is 1. The largest absolute Gasteiger partial charge is 0.479 e. The van der Waals surface area contributed by atoms with Crippen molar-refractivity contribution in [1.82, 2.24) is 0 Å². The number of esters is 3. The molecule has 0 aromatic heterocycles. The summed E-state index contributed by atoms with van der Waals surface area (Å²) in [5.41, 5.74) is 0. The van der Waals surface area contributed by atoms with Crippen LogP contribution in [0.5, 0.6) is 0 Å². The molecule has 1 aliphatic heterocycles. The van der Waals surface area contributed by atoms with Crippen molar-refractivity contribution in [3.05, 3.63) is 24.3 Å². The van der Waals surface area contributed by atoms with E-state index in [2.05, 4.69) is 45.1 Å². The zero-order chi connectivity index (χ0) is 53.3. The van der Waals surface area contributed by atoms with Crippen LogP contribution in [0.25, 0.3) is 0 Å². The Bertz CT molecular complexity index is 1370. The molecule has 12 heteroatoms. The van der Waals surface area contributed by atoms with Gasteiger partial charge in [-0.05, 0) is 44.9 Å². The first-order valence-corrected chi connectivity index (χ1v) is 30.3. The Labute approximate surface area is 445 Å². The average molecular weight is 1040 g/mol. The van der Waals surface area contributed by atoms with Gasteiger partial charge < -0.3 is 39.0 Å². The van der Waals surface area contributed by atoms with Crippen molar-refractivity contribution in [3.63, 3.8) is 0 Å². The Hall–Kier alpha value is -2.80. The maximum atomic E-state index is 13.1. The lowest BCUT2D eigenvalue weighted by atomic mass is 9.98. The number of ether oxygens (including phenoxy) is 5. The predicted molar refractivity (Wildman–Crippen MR) is 294 cm³/mol. The van der Waals surface area contributed by atoms with Gasteiger partial charge in [0.25, 0.3) is 0 Å². The van der Waals surface area contributed by atoms with Crippen LogP contribution in [0.1, 0.15) is 290 Å². The molecule has 12 nitrogen and oxygen atoms in total. The molecule has 6 atom stereocenters. The number of carbonyl (C=O) groups is 4. The van der Waals surface area contributed by atoms with E-state index in [0.717, 1.165) is 89.9 Å². The van der Waals surface area contributed by atoms with Crippen molar-refractivity contribution in [1.29, 1.82) is 0 Å². The molecule has 0 amide bonds. The molecule has 426 valence electrons. The number of allylic oxidation sites excluding steroid dienone is 4. The molecule has 3 N–H and O–H groups in total. The van der Waals surface area contributed by atoms with Crippen LogP contribution < -0.4 is 0 Å². The van der Waals surface area contributed by atoms with E-state index in [4.69, 9.17) is 23.7 Å². The van der Waals surface area contributed by atoms with Crippen molar-refractivity contribution in [2.45, 2.75) is 327 Å². The lowest BCUT2D eigenvalue weighted by molar-refractivity contribution is -0.301. The molecule has 1 aliphatic rings. The fourth-order valence-corrected chi connectivity index (χ4v) is 9.35. The number of carboxylic acid groups (broad SMARTS) is 1. The molecular weight excluding hydrogens is 925 g/mol. The Kier molecular flexibility index (Phi) is 46.8. The van der Waals surface area contributed by atoms with Crippen molar-refractivity contribution in [3.8, 4) is 0 Å². The van der Waals surface area contributed by atoms with Gasteiger partial charge in [0.05, 0.1) is 6.61 Å². The Morgan fingerprint density at radius 2 is 0.849 bits per heavy atom. The van der Waals surface area contributed by atoms with Gasteiger partial charge in [0.1, 0.15) is 18.8 Å². The monoisotopic (exact) mass is 1030 g/mol. The molecular formula is C61H110O12. The van der Waals surface area contributed by atoms with E-state index in [0.29, 0.717) is 19.3 Å². The van der Waals surface area contributed by atoms with Crippen LogP contribution in [0.15, 0.2) is 24.3 Å². The van der Waals surface area contributed by atoms with Gasteiger partial charge in [0.2, 0.25) is 0 Å². The SMILES string of the molecule is CCC/C=C\C/C=C\CCCCCCCC(=O)OCC(COC1OC(C(=O)O)C(O)C(O)C1OC(=O)CCCCCCCCCCCCCCCCCCCCC)OC(=O)CCCCCCCCCCCCC. The number of aliphatic carboxylic acids is 1. The number of hydrogen-bond acceptors (Lipinski definition) is 11. The summed E-state index contributed by atoms with van der Waals surface area (Å²) >= 11 is 0. The number of aliphatic hydroxyl groups excluding tert-OH is 2. The van der Waals surface area contributed by atoms with Crippen LogP contribution in [0.3, 0.4) is 0 Å². The highest BCUT2D eigenvalue weighted by atomic mass is 16.7. The summed E-state index contributed by atoms with van der Waals surface area (Å²) in [7, 11) is 0. The molecule has 0 aliphatic carbocycles. The zero-order valence-electron chi connectivity index (χ0n) is 46.9. The topological polar surface area (TPSA) is 175 Å². The number of aliphatic hydroxyl groups is 2. The maximum absolute atomic E-state index is 13.1. The van der Waals surface area contributed by atoms with Gasteiger partial charge in [-0.2, -0.15) is 0 Å². The van der Waals surface area contributed by atoms with Gasteiger partial charge >= 0.3 is 23.9 Å². The van der Waals surface area contributed by atoms with E-state index in [1.165, 1.54) is 141 Å². The van der Waals surface area contributed by atoms with E-state index in [-0.39, 0.29) is 25.9 Å². The minimum absolute atomic E-state index is 0.0666. The minimum Gasteiger partial charge on any atom is -0.479 e. The Morgan fingerprint density at radius 3 is 1.29 bits per heavy atom. The normalized spacial score (nSPS) is 18.4. The van der Waals surface area contributed by atoms with Crippen molar-refractivity contribution in [2.75, 3.05) is 13.2 Å². The van der Waals surface area contributed by atoms with Gasteiger partial charge in [-0.15, -0.1) is 0 Å². The summed E-state index contributed by atoms with van der Waals surface area (Å²) in [5.74, 6) is -3.11. The molecule has 1 rings (SSSR count). The highest BCUT2D eigenvalue weighted by molar-refractivity contribution is 5.74. The van der Waals surface area contributed by atoms with Crippen LogP contribution in [0.4, 0.5) is 0 Å². The van der Waals surface area contributed by atoms with E-state index in [1.54, 1.807) is 0 Å². The second kappa shape index (κ2) is 50.0. The first-order chi connectivity index (χ1) is 35.6. The van der Waals surface area contributed by atoms with Gasteiger partial charge in [-0.25, -0.2) is 4.79 Å². The van der Waals surface area contributed by atoms with Crippen LogP contribution in [-0.4, -0.2) is 89.2 Å². The minimum atomic E-state index is -1.90. The first-order valence-electron chi connectivity index (χ1n) is 30.3. The number of carbonyl (C=O) groups excluding carboxylic acids is 3. The molecule has 73 heavy (non-hydrogen) atoms. The fourth-order valence-electron chi connectivity index (χ4n) is 9.35. The highest BCUT2D eigenvalue weighted by Crippen LogP contribution is 2.27. The smallest absolute Gasteiger partial charge is 0.335 e. The number of rotatable bonds is 52. The van der Waals surface area contributed by atoms with Crippen molar-refractivity contribution < 1.29 is 58.2 Å². The summed E-state index contributed by atoms with van der Waals surface area (Å²) < 4.78 is 28.4. The Morgan fingerprint density at radius 1 is 0.452 bits per heavy atom.